The Balaban J connectivity index is 1.79. The molecule has 1 heterocycles. The number of likely N-dealkylation sites (N-methyl/N-ethyl adjacent to an activating group) is 1. The topological polar surface area (TPSA) is 60.9 Å². The molecule has 6 nitrogen and oxygen atoms in total. The number of rotatable bonds is 5. The number of amides is 1. The minimum Gasteiger partial charge on any atom is -0.355 e. The van der Waals surface area contributed by atoms with Crippen molar-refractivity contribution >= 4 is 33.0 Å². The van der Waals surface area contributed by atoms with Gasteiger partial charge >= 0.3 is 0 Å². The number of aryl methyl sites for hydroxylation is 1. The molecular weight excluding hydrogens is 386 g/mol. The van der Waals surface area contributed by atoms with E-state index in [4.69, 9.17) is 0 Å². The van der Waals surface area contributed by atoms with Crippen molar-refractivity contribution in [3.63, 3.8) is 0 Å². The van der Waals surface area contributed by atoms with Crippen LogP contribution in [0.15, 0.2) is 47.4 Å². The zero-order valence-electron chi connectivity index (χ0n) is 17.3. The van der Waals surface area contributed by atoms with E-state index in [0.29, 0.717) is 18.3 Å². The highest BCUT2D eigenvalue weighted by Crippen LogP contribution is 2.44. The van der Waals surface area contributed by atoms with E-state index in [1.807, 2.05) is 45.0 Å². The molecule has 0 spiro atoms. The van der Waals surface area contributed by atoms with Crippen molar-refractivity contribution in [3.05, 3.63) is 48.0 Å². The highest BCUT2D eigenvalue weighted by molar-refractivity contribution is 7.92. The van der Waals surface area contributed by atoms with Crippen LogP contribution in [0.3, 0.4) is 0 Å². The van der Waals surface area contributed by atoms with Gasteiger partial charge in [0, 0.05) is 19.6 Å². The molecular formula is C22H27N3O3S. The van der Waals surface area contributed by atoms with Crippen molar-refractivity contribution in [2.45, 2.75) is 50.6 Å². The van der Waals surface area contributed by atoms with Gasteiger partial charge in [-0.05, 0) is 63.9 Å². The van der Waals surface area contributed by atoms with Crippen LogP contribution in [0.5, 0.6) is 0 Å². The van der Waals surface area contributed by atoms with Gasteiger partial charge in [-0.15, -0.1) is 0 Å². The Bertz CT molecular complexity index is 1050. The van der Waals surface area contributed by atoms with Crippen molar-refractivity contribution in [3.8, 4) is 0 Å². The number of anilines is 3. The molecule has 0 aromatic heterocycles. The Morgan fingerprint density at radius 1 is 1.07 bits per heavy atom. The molecule has 1 aliphatic heterocycles. The number of fused-ring (bicyclic) bond motifs is 1. The molecule has 1 unspecified atom stereocenters. The van der Waals surface area contributed by atoms with E-state index in [9.17, 15) is 13.2 Å². The predicted molar refractivity (Wildman–Crippen MR) is 116 cm³/mol. The van der Waals surface area contributed by atoms with Crippen LogP contribution in [0.1, 0.15) is 32.3 Å². The van der Waals surface area contributed by atoms with Gasteiger partial charge < -0.3 is 9.80 Å². The number of hydrogen-bond donors (Lipinski definition) is 0. The normalized spacial score (nSPS) is 19.3. The van der Waals surface area contributed by atoms with Gasteiger partial charge in [-0.2, -0.15) is 0 Å². The lowest BCUT2D eigenvalue weighted by Gasteiger charge is -2.41. The quantitative estimate of drug-likeness (QED) is 0.752. The minimum atomic E-state index is -3.67. The standard InChI is InChI=1S/C22H27N3O3S/c1-5-24(29(27,28)19-11-6-15(2)7-12-19)18-10-13-20-21(14-18)25(17-8-9-17)16(3)22(26)23(20)4/h6-7,10-14,16-17H,5,8-9H2,1-4H3. The average molecular weight is 414 g/mol. The Morgan fingerprint density at radius 2 is 1.72 bits per heavy atom. The molecule has 29 heavy (non-hydrogen) atoms. The van der Waals surface area contributed by atoms with E-state index in [0.717, 1.165) is 29.8 Å². The van der Waals surface area contributed by atoms with Crippen LogP contribution in [-0.4, -0.2) is 40.0 Å². The Hall–Kier alpha value is -2.54. The summed E-state index contributed by atoms with van der Waals surface area (Å²) in [4.78, 5) is 16.8. The van der Waals surface area contributed by atoms with E-state index in [-0.39, 0.29) is 16.8 Å². The summed E-state index contributed by atoms with van der Waals surface area (Å²) in [5.74, 6) is 0.0665. The van der Waals surface area contributed by atoms with Crippen LogP contribution in [0.2, 0.25) is 0 Å². The summed E-state index contributed by atoms with van der Waals surface area (Å²) in [6, 6.07) is 12.6. The lowest BCUT2D eigenvalue weighted by molar-refractivity contribution is -0.119. The van der Waals surface area contributed by atoms with Crippen molar-refractivity contribution in [1.29, 1.82) is 0 Å². The second-order valence-electron chi connectivity index (χ2n) is 7.87. The van der Waals surface area contributed by atoms with E-state index < -0.39 is 10.0 Å². The molecule has 2 aliphatic rings. The van der Waals surface area contributed by atoms with Gasteiger partial charge in [0.2, 0.25) is 5.91 Å². The maximum absolute atomic E-state index is 13.3. The average Bonchev–Trinajstić information content (AvgIpc) is 3.52. The number of benzene rings is 2. The first kappa shape index (κ1) is 19.8. The van der Waals surface area contributed by atoms with Crippen LogP contribution in [0.25, 0.3) is 0 Å². The Morgan fingerprint density at radius 3 is 2.31 bits per heavy atom. The number of carbonyl (C=O) groups excluding carboxylic acids is 1. The van der Waals surface area contributed by atoms with Crippen LogP contribution < -0.4 is 14.1 Å². The third-order valence-corrected chi connectivity index (χ3v) is 7.75. The van der Waals surface area contributed by atoms with Crippen molar-refractivity contribution in [2.24, 2.45) is 0 Å². The van der Waals surface area contributed by atoms with E-state index in [2.05, 4.69) is 4.90 Å². The zero-order chi connectivity index (χ0) is 20.9. The maximum Gasteiger partial charge on any atom is 0.264 e. The molecule has 4 rings (SSSR count). The smallest absolute Gasteiger partial charge is 0.264 e. The van der Waals surface area contributed by atoms with Crippen molar-refractivity contribution in [2.75, 3.05) is 27.7 Å². The zero-order valence-corrected chi connectivity index (χ0v) is 18.1. The number of hydrogen-bond acceptors (Lipinski definition) is 4. The number of carbonyl (C=O) groups is 1. The highest BCUT2D eigenvalue weighted by Gasteiger charge is 2.41. The molecule has 0 radical (unpaired) electrons. The molecule has 1 aliphatic carbocycles. The van der Waals surface area contributed by atoms with Crippen molar-refractivity contribution < 1.29 is 13.2 Å². The second-order valence-corrected chi connectivity index (χ2v) is 9.73. The summed E-state index contributed by atoms with van der Waals surface area (Å²) in [6.07, 6.45) is 2.12. The van der Waals surface area contributed by atoms with Crippen molar-refractivity contribution in [1.82, 2.24) is 0 Å². The summed E-state index contributed by atoms with van der Waals surface area (Å²) < 4.78 is 28.0. The molecule has 1 saturated carbocycles. The summed E-state index contributed by atoms with van der Waals surface area (Å²) >= 11 is 0. The van der Waals surface area contributed by atoms with Crippen LogP contribution in [0, 0.1) is 6.92 Å². The monoisotopic (exact) mass is 413 g/mol. The molecule has 2 aromatic rings. The first-order valence-electron chi connectivity index (χ1n) is 10.0. The predicted octanol–water partition coefficient (Wildman–Crippen LogP) is 3.54. The lowest BCUT2D eigenvalue weighted by atomic mass is 10.1. The van der Waals surface area contributed by atoms with E-state index >= 15 is 0 Å². The molecule has 0 bridgehead atoms. The summed E-state index contributed by atoms with van der Waals surface area (Å²) in [5.41, 5.74) is 3.39. The maximum atomic E-state index is 13.3. The van der Waals surface area contributed by atoms with Gasteiger partial charge in [0.05, 0.1) is 22.0 Å². The molecule has 0 N–H and O–H groups in total. The van der Waals surface area contributed by atoms with Crippen LogP contribution in [-0.2, 0) is 14.8 Å². The summed E-state index contributed by atoms with van der Waals surface area (Å²) in [5, 5.41) is 0. The minimum absolute atomic E-state index is 0.0665. The van der Waals surface area contributed by atoms with E-state index in [1.54, 1.807) is 30.1 Å². The fraction of sp³-hybridized carbons (Fsp3) is 0.409. The fourth-order valence-corrected chi connectivity index (χ4v) is 5.54. The van der Waals surface area contributed by atoms with Gasteiger partial charge in [-0.3, -0.25) is 9.10 Å². The van der Waals surface area contributed by atoms with Gasteiger partial charge in [-0.25, -0.2) is 8.42 Å². The van der Waals surface area contributed by atoms with Crippen LogP contribution >= 0.6 is 0 Å². The molecule has 2 aromatic carbocycles. The Kier molecular flexibility index (Phi) is 4.81. The molecule has 1 atom stereocenters. The lowest BCUT2D eigenvalue weighted by Crippen LogP contribution is -2.51. The van der Waals surface area contributed by atoms with Gasteiger partial charge in [0.25, 0.3) is 10.0 Å². The van der Waals surface area contributed by atoms with E-state index in [1.165, 1.54) is 4.31 Å². The SMILES string of the molecule is CCN(c1ccc2c(c1)N(C1CC1)C(C)C(=O)N2C)S(=O)(=O)c1ccc(C)cc1. The molecule has 1 fully saturated rings. The Labute approximate surface area is 172 Å². The second kappa shape index (κ2) is 7.06. The number of sulfonamides is 1. The highest BCUT2D eigenvalue weighted by atomic mass is 32.2. The first-order chi connectivity index (χ1) is 13.8. The largest absolute Gasteiger partial charge is 0.355 e. The summed E-state index contributed by atoms with van der Waals surface area (Å²) in [7, 11) is -1.89. The molecule has 0 saturated heterocycles. The molecule has 7 heteroatoms. The molecule has 1 amide bonds. The van der Waals surface area contributed by atoms with Crippen LogP contribution in [0.4, 0.5) is 17.1 Å². The van der Waals surface area contributed by atoms with Gasteiger partial charge in [0.15, 0.2) is 0 Å². The fourth-order valence-electron chi connectivity index (χ4n) is 4.08. The third kappa shape index (κ3) is 3.27. The van der Waals surface area contributed by atoms with Gasteiger partial charge in [-0.1, -0.05) is 17.7 Å². The first-order valence-corrected chi connectivity index (χ1v) is 11.5. The number of nitrogens with zero attached hydrogens (tertiary/aromatic N) is 3. The summed E-state index contributed by atoms with van der Waals surface area (Å²) in [6.45, 7) is 6.02. The third-order valence-electron chi connectivity index (χ3n) is 5.83. The van der Waals surface area contributed by atoms with Gasteiger partial charge in [0.1, 0.15) is 6.04 Å². The molecule has 154 valence electrons.